The summed E-state index contributed by atoms with van der Waals surface area (Å²) in [5, 5.41) is 3.49. The van der Waals surface area contributed by atoms with Gasteiger partial charge in [-0.1, -0.05) is 55.1 Å². The summed E-state index contributed by atoms with van der Waals surface area (Å²) in [6.07, 6.45) is 3.12. The number of carbonyl (C=O) groups excluding carboxylic acids is 2. The van der Waals surface area contributed by atoms with Gasteiger partial charge in [-0.3, -0.25) is 9.59 Å². The summed E-state index contributed by atoms with van der Waals surface area (Å²) in [6.45, 7) is 4.10. The molecular formula is C26H28N2O3. The van der Waals surface area contributed by atoms with Gasteiger partial charge in [0.25, 0.3) is 0 Å². The van der Waals surface area contributed by atoms with E-state index in [-0.39, 0.29) is 29.9 Å². The molecule has 0 fully saturated rings. The second kappa shape index (κ2) is 8.90. The van der Waals surface area contributed by atoms with Crippen LogP contribution < -0.4 is 4.74 Å². The summed E-state index contributed by atoms with van der Waals surface area (Å²) in [4.78, 5) is 26.6. The monoisotopic (exact) mass is 416 g/mol. The number of ketones is 1. The molecule has 0 saturated heterocycles. The molecule has 2 atom stereocenters. The maximum atomic E-state index is 13.4. The molecule has 0 spiro atoms. The van der Waals surface area contributed by atoms with Crippen molar-refractivity contribution in [3.63, 3.8) is 0 Å². The molecule has 4 rings (SSSR count). The molecule has 5 nitrogen and oxygen atoms in total. The first-order valence-electron chi connectivity index (χ1n) is 10.6. The summed E-state index contributed by atoms with van der Waals surface area (Å²) in [6, 6.07) is 17.8. The van der Waals surface area contributed by atoms with E-state index in [9.17, 15) is 9.59 Å². The predicted octanol–water partition coefficient (Wildman–Crippen LogP) is 4.44. The number of hydrogen-bond acceptors (Lipinski definition) is 4. The Labute approximate surface area is 183 Å². The van der Waals surface area contributed by atoms with Crippen LogP contribution in [0.15, 0.2) is 78.5 Å². The summed E-state index contributed by atoms with van der Waals surface area (Å²) in [5.41, 5.74) is 3.72. The van der Waals surface area contributed by atoms with E-state index in [2.05, 4.69) is 18.7 Å². The van der Waals surface area contributed by atoms with E-state index in [1.165, 1.54) is 0 Å². The Balaban J connectivity index is 1.73. The van der Waals surface area contributed by atoms with Crippen molar-refractivity contribution in [3.8, 4) is 5.75 Å². The van der Waals surface area contributed by atoms with Gasteiger partial charge < -0.3 is 4.74 Å². The Morgan fingerprint density at radius 3 is 2.35 bits per heavy atom. The van der Waals surface area contributed by atoms with Gasteiger partial charge in [0, 0.05) is 44.1 Å². The number of Topliss-reactive ketones (excluding diaryl/α,β-unsaturated/α-hetero) is 1. The van der Waals surface area contributed by atoms with Crippen molar-refractivity contribution in [2.24, 2.45) is 0 Å². The zero-order valence-corrected chi connectivity index (χ0v) is 18.1. The van der Waals surface area contributed by atoms with Gasteiger partial charge in [-0.05, 0) is 35.6 Å². The molecule has 160 valence electrons. The van der Waals surface area contributed by atoms with Crippen LogP contribution in [0.4, 0.5) is 0 Å². The van der Waals surface area contributed by atoms with Crippen molar-refractivity contribution in [2.45, 2.75) is 31.1 Å². The highest BCUT2D eigenvalue weighted by molar-refractivity contribution is 6.02. The number of carbonyl (C=O) groups is 2. The van der Waals surface area contributed by atoms with Crippen molar-refractivity contribution in [1.82, 2.24) is 10.0 Å². The minimum atomic E-state index is -0.226. The minimum absolute atomic E-state index is 0.0160. The Morgan fingerprint density at radius 1 is 1.00 bits per heavy atom. The standard InChI is InChI=1S/C26H28N2O3/c1-4-14-31-21-12-10-19(11-13-21)22-17-25(30)28(27(2)3)23-15-20(16-24(29)26(22)23)18-8-6-5-7-9-18/h4-13,20,22H,1,14-17H2,2-3H3. The Bertz CT molecular complexity index is 1010. The summed E-state index contributed by atoms with van der Waals surface area (Å²) >= 11 is 0. The van der Waals surface area contributed by atoms with Crippen LogP contribution in [-0.4, -0.2) is 42.4 Å². The molecule has 0 aromatic heterocycles. The van der Waals surface area contributed by atoms with Crippen molar-refractivity contribution < 1.29 is 14.3 Å². The quantitative estimate of drug-likeness (QED) is 0.653. The van der Waals surface area contributed by atoms with Crippen LogP contribution in [0, 0.1) is 0 Å². The first kappa shape index (κ1) is 21.1. The summed E-state index contributed by atoms with van der Waals surface area (Å²) < 4.78 is 5.58. The molecule has 5 heteroatoms. The van der Waals surface area contributed by atoms with Gasteiger partial charge in [0.15, 0.2) is 5.78 Å². The lowest BCUT2D eigenvalue weighted by atomic mass is 9.73. The lowest BCUT2D eigenvalue weighted by Gasteiger charge is -2.42. The van der Waals surface area contributed by atoms with Crippen LogP contribution in [0.1, 0.15) is 42.2 Å². The molecule has 0 bridgehead atoms. The van der Waals surface area contributed by atoms with Gasteiger partial charge in [-0.25, -0.2) is 10.0 Å². The zero-order valence-electron chi connectivity index (χ0n) is 18.1. The summed E-state index contributed by atoms with van der Waals surface area (Å²) in [5.74, 6) is 0.746. The molecule has 2 aromatic rings. The third-order valence-corrected chi connectivity index (χ3v) is 6.02. The molecule has 0 radical (unpaired) electrons. The zero-order chi connectivity index (χ0) is 22.0. The maximum absolute atomic E-state index is 13.4. The van der Waals surface area contributed by atoms with E-state index in [0.717, 1.165) is 28.1 Å². The second-order valence-electron chi connectivity index (χ2n) is 8.28. The minimum Gasteiger partial charge on any atom is -0.490 e. The Hall–Kier alpha value is -3.18. The first-order chi connectivity index (χ1) is 15.0. The van der Waals surface area contributed by atoms with Gasteiger partial charge in [-0.2, -0.15) is 0 Å². The van der Waals surface area contributed by atoms with E-state index >= 15 is 0 Å². The van der Waals surface area contributed by atoms with Gasteiger partial charge in [0.1, 0.15) is 12.4 Å². The van der Waals surface area contributed by atoms with E-state index in [1.807, 2.05) is 56.6 Å². The van der Waals surface area contributed by atoms with Gasteiger partial charge in [0.2, 0.25) is 5.91 Å². The number of allylic oxidation sites excluding steroid dienone is 2. The third-order valence-electron chi connectivity index (χ3n) is 6.02. The van der Waals surface area contributed by atoms with Crippen molar-refractivity contribution in [2.75, 3.05) is 20.7 Å². The number of amides is 1. The molecule has 1 amide bonds. The Morgan fingerprint density at radius 2 is 1.71 bits per heavy atom. The molecule has 2 aromatic carbocycles. The predicted molar refractivity (Wildman–Crippen MR) is 120 cm³/mol. The highest BCUT2D eigenvalue weighted by Gasteiger charge is 2.42. The number of nitrogens with zero attached hydrogens (tertiary/aromatic N) is 2. The highest BCUT2D eigenvalue weighted by Crippen LogP contribution is 2.45. The second-order valence-corrected chi connectivity index (χ2v) is 8.28. The van der Waals surface area contributed by atoms with Crippen molar-refractivity contribution in [1.29, 1.82) is 0 Å². The van der Waals surface area contributed by atoms with Gasteiger partial charge >= 0.3 is 0 Å². The van der Waals surface area contributed by atoms with Crippen LogP contribution in [-0.2, 0) is 9.59 Å². The molecule has 1 heterocycles. The molecule has 2 unspecified atom stereocenters. The Kier molecular flexibility index (Phi) is 6.05. The fraction of sp³-hybridized carbons (Fsp3) is 0.308. The van der Waals surface area contributed by atoms with Crippen LogP contribution >= 0.6 is 0 Å². The average molecular weight is 417 g/mol. The van der Waals surface area contributed by atoms with E-state index in [4.69, 9.17) is 4.74 Å². The largest absolute Gasteiger partial charge is 0.490 e. The van der Waals surface area contributed by atoms with Gasteiger partial charge in [-0.15, -0.1) is 0 Å². The summed E-state index contributed by atoms with van der Waals surface area (Å²) in [7, 11) is 3.70. The van der Waals surface area contributed by atoms with Crippen LogP contribution in [0.3, 0.4) is 0 Å². The van der Waals surface area contributed by atoms with E-state index in [0.29, 0.717) is 19.4 Å². The lowest BCUT2D eigenvalue weighted by molar-refractivity contribution is -0.143. The molecule has 1 aliphatic carbocycles. The smallest absolute Gasteiger partial charge is 0.242 e. The molecule has 2 aliphatic rings. The third kappa shape index (κ3) is 4.19. The molecule has 0 N–H and O–H groups in total. The molecule has 1 aliphatic heterocycles. The van der Waals surface area contributed by atoms with Gasteiger partial charge in [0.05, 0.1) is 0 Å². The SMILES string of the molecule is C=CCOc1ccc(C2CC(=O)N(N(C)C)C3=C2C(=O)CC(c2ccccc2)C3)cc1. The molecule has 0 saturated carbocycles. The van der Waals surface area contributed by atoms with E-state index < -0.39 is 0 Å². The number of ether oxygens (including phenoxy) is 1. The fourth-order valence-corrected chi connectivity index (χ4v) is 4.68. The highest BCUT2D eigenvalue weighted by atomic mass is 16.5. The lowest BCUT2D eigenvalue weighted by Crippen LogP contribution is -2.47. The molecular weight excluding hydrogens is 388 g/mol. The number of hydrazine groups is 1. The topological polar surface area (TPSA) is 49.9 Å². The van der Waals surface area contributed by atoms with Crippen LogP contribution in [0.5, 0.6) is 5.75 Å². The maximum Gasteiger partial charge on any atom is 0.242 e. The number of hydrogen-bond donors (Lipinski definition) is 0. The van der Waals surface area contributed by atoms with E-state index in [1.54, 1.807) is 16.1 Å². The van der Waals surface area contributed by atoms with Crippen molar-refractivity contribution in [3.05, 3.63) is 89.6 Å². The normalized spacial score (nSPS) is 21.3. The fourth-order valence-electron chi connectivity index (χ4n) is 4.68. The van der Waals surface area contributed by atoms with Crippen LogP contribution in [0.2, 0.25) is 0 Å². The van der Waals surface area contributed by atoms with Crippen molar-refractivity contribution >= 4 is 11.7 Å². The van der Waals surface area contributed by atoms with Crippen LogP contribution in [0.25, 0.3) is 0 Å². The average Bonchev–Trinajstić information content (AvgIpc) is 2.77. The molecule has 31 heavy (non-hydrogen) atoms. The number of rotatable bonds is 6. The number of benzene rings is 2. The first-order valence-corrected chi connectivity index (χ1v) is 10.6.